The molecular weight excluding hydrogens is 875 g/mol. The molecule has 0 spiro atoms. The van der Waals surface area contributed by atoms with Crippen LogP contribution in [-0.2, 0) is 38.1 Å². The molecule has 0 radical (unpaired) electrons. The van der Waals surface area contributed by atoms with Crippen molar-refractivity contribution in [2.24, 2.45) is 0 Å². The van der Waals surface area contributed by atoms with Gasteiger partial charge in [0.05, 0.1) is 29.4 Å². The lowest BCUT2D eigenvalue weighted by molar-refractivity contribution is -0.145. The summed E-state index contributed by atoms with van der Waals surface area (Å²) in [6.07, 6.45) is -3.90. The van der Waals surface area contributed by atoms with Gasteiger partial charge in [-0.25, -0.2) is 14.4 Å². The third-order valence-corrected chi connectivity index (χ3v) is 12.5. The third-order valence-electron chi connectivity index (χ3n) is 12.2. The number of carbonyl (C=O) groups is 5. The van der Waals surface area contributed by atoms with Gasteiger partial charge in [0.1, 0.15) is 11.3 Å². The van der Waals surface area contributed by atoms with Crippen LogP contribution >= 0.6 is 11.6 Å². The summed E-state index contributed by atoms with van der Waals surface area (Å²) in [5, 5.41) is 20.0. The van der Waals surface area contributed by atoms with Crippen LogP contribution in [0.25, 0.3) is 0 Å². The standard InChI is InChI=1S/C38H49ClF3N7O6.C7H6O3/c1-2-54-33(50)24-45-12-8-27(9-13-45)46-17-19-47(20-18-46)35(51)32(23-25-21-29(38(40,41)42)34(43)30(39)22-25)55-37(53)48-14-10-28(11-15-48)49-16-7-26-5-3-4-6-31(26)44-36(49)52;8-6-4-2-1-3-5(6)7(9)10/h3-6,21-22,27-28,32H,2,7-20,23-24,43H2,1H3,(H,44,52);1-4,8H,(H,9,10)/t32-;/m1./s1. The van der Waals surface area contributed by atoms with Crippen LogP contribution < -0.4 is 11.1 Å². The fraction of sp³-hybridized carbons (Fsp3) is 0.489. The molecule has 0 bridgehead atoms. The summed E-state index contributed by atoms with van der Waals surface area (Å²) < 4.78 is 52.5. The molecule has 0 unspecified atom stereocenters. The lowest BCUT2D eigenvalue weighted by Crippen LogP contribution is -2.57. The number of phenols is 1. The van der Waals surface area contributed by atoms with Gasteiger partial charge in [-0.3, -0.25) is 19.4 Å². The number of aromatic hydroxyl groups is 1. The molecule has 352 valence electrons. The molecule has 5 N–H and O–H groups in total. The van der Waals surface area contributed by atoms with Gasteiger partial charge in [-0.15, -0.1) is 0 Å². The average Bonchev–Trinajstić information content (AvgIpc) is 3.45. The Morgan fingerprint density at radius 3 is 2.15 bits per heavy atom. The summed E-state index contributed by atoms with van der Waals surface area (Å²) in [6.45, 7) is 6.79. The van der Waals surface area contributed by atoms with E-state index in [4.69, 9.17) is 37.0 Å². The number of piperidine rings is 2. The van der Waals surface area contributed by atoms with E-state index in [0.29, 0.717) is 58.6 Å². The van der Waals surface area contributed by atoms with E-state index < -0.39 is 41.5 Å². The number of anilines is 2. The molecule has 0 aliphatic carbocycles. The maximum absolute atomic E-state index is 14.1. The van der Waals surface area contributed by atoms with Crippen molar-refractivity contribution in [1.29, 1.82) is 0 Å². The number of urea groups is 1. The predicted octanol–water partition coefficient (Wildman–Crippen LogP) is 5.81. The van der Waals surface area contributed by atoms with Gasteiger partial charge in [0.2, 0.25) is 0 Å². The highest BCUT2D eigenvalue weighted by Gasteiger charge is 2.38. The number of carboxylic acids is 1. The number of hydrogen-bond donors (Lipinski definition) is 4. The van der Waals surface area contributed by atoms with Crippen molar-refractivity contribution in [2.45, 2.75) is 69.8 Å². The van der Waals surface area contributed by atoms with E-state index in [9.17, 15) is 37.1 Å². The highest BCUT2D eigenvalue weighted by Crippen LogP contribution is 2.38. The first kappa shape index (κ1) is 48.7. The topological polar surface area (TPSA) is 199 Å². The first-order valence-electron chi connectivity index (χ1n) is 21.7. The summed E-state index contributed by atoms with van der Waals surface area (Å²) in [7, 11) is 0. The number of amides is 4. The predicted molar refractivity (Wildman–Crippen MR) is 235 cm³/mol. The summed E-state index contributed by atoms with van der Waals surface area (Å²) in [5.41, 5.74) is 5.74. The molecule has 1 atom stereocenters. The molecule has 3 aromatic rings. The first-order chi connectivity index (χ1) is 31.0. The molecule has 4 amide bonds. The van der Waals surface area contributed by atoms with Crippen molar-refractivity contribution in [1.82, 2.24) is 24.5 Å². The van der Waals surface area contributed by atoms with Crippen LogP contribution in [0.2, 0.25) is 5.02 Å². The van der Waals surface area contributed by atoms with E-state index >= 15 is 0 Å². The number of likely N-dealkylation sites (tertiary alicyclic amines) is 2. The van der Waals surface area contributed by atoms with Crippen LogP contribution in [0.15, 0.2) is 60.7 Å². The average molecular weight is 930 g/mol. The largest absolute Gasteiger partial charge is 0.507 e. The lowest BCUT2D eigenvalue weighted by atomic mass is 10.0. The Morgan fingerprint density at radius 2 is 1.52 bits per heavy atom. The van der Waals surface area contributed by atoms with Gasteiger partial charge in [-0.05, 0) is 80.5 Å². The number of hydrogen-bond acceptors (Lipinski definition) is 11. The molecule has 4 aliphatic heterocycles. The summed E-state index contributed by atoms with van der Waals surface area (Å²) in [5.74, 6) is -2.06. The Morgan fingerprint density at radius 1 is 0.877 bits per heavy atom. The first-order valence-corrected chi connectivity index (χ1v) is 22.1. The van der Waals surface area contributed by atoms with Gasteiger partial charge in [-0.2, -0.15) is 13.2 Å². The van der Waals surface area contributed by atoms with Gasteiger partial charge in [0, 0.05) is 83.1 Å². The second-order valence-electron chi connectivity index (χ2n) is 16.4. The molecule has 0 aromatic heterocycles. The van der Waals surface area contributed by atoms with Crippen molar-refractivity contribution in [3.63, 3.8) is 0 Å². The van der Waals surface area contributed by atoms with E-state index in [1.54, 1.807) is 28.9 Å². The Bertz CT molecular complexity index is 2180. The van der Waals surface area contributed by atoms with Crippen molar-refractivity contribution in [3.8, 4) is 5.75 Å². The van der Waals surface area contributed by atoms with Crippen LogP contribution in [0.5, 0.6) is 5.75 Å². The zero-order valence-corrected chi connectivity index (χ0v) is 36.9. The number of aromatic carboxylic acids is 1. The summed E-state index contributed by atoms with van der Waals surface area (Å²) in [4.78, 5) is 72.3. The number of piperazine rings is 1. The molecule has 3 saturated heterocycles. The molecule has 7 rings (SSSR count). The Balaban J connectivity index is 0.000000618. The maximum Gasteiger partial charge on any atom is 0.418 e. The minimum absolute atomic E-state index is 0.0535. The number of benzene rings is 3. The molecule has 0 saturated carbocycles. The summed E-state index contributed by atoms with van der Waals surface area (Å²) >= 11 is 6.13. The van der Waals surface area contributed by atoms with Gasteiger partial charge < -0.3 is 45.4 Å². The zero-order valence-electron chi connectivity index (χ0n) is 36.1. The third kappa shape index (κ3) is 12.7. The second-order valence-corrected chi connectivity index (χ2v) is 16.8. The van der Waals surface area contributed by atoms with E-state index in [1.807, 2.05) is 24.3 Å². The molecule has 4 aliphatic rings. The molecule has 20 heteroatoms. The van der Waals surface area contributed by atoms with Crippen molar-refractivity contribution < 1.29 is 56.8 Å². The lowest BCUT2D eigenvalue weighted by Gasteiger charge is -2.43. The SMILES string of the molecule is CCOC(=O)CN1CCC(N2CCN(C(=O)[C@@H](Cc3cc(Cl)c(N)c(C(F)(F)F)c3)OC(=O)N3CCC(N4CCc5ccccc5NC4=O)CC3)CC2)CC1.O=C(O)c1ccccc1O. The minimum Gasteiger partial charge on any atom is -0.507 e. The number of rotatable bonds is 10. The minimum atomic E-state index is -4.79. The van der Waals surface area contributed by atoms with Gasteiger partial charge >= 0.3 is 30.2 Å². The molecule has 4 heterocycles. The number of nitrogens with two attached hydrogens (primary N) is 1. The molecular formula is C45H55ClF3N7O9. The highest BCUT2D eigenvalue weighted by atomic mass is 35.5. The number of fused-ring (bicyclic) bond motifs is 1. The number of carboxylic acid groups (broad SMARTS) is 1. The number of para-hydroxylation sites is 2. The van der Waals surface area contributed by atoms with Crippen LogP contribution in [0.1, 0.15) is 59.7 Å². The van der Waals surface area contributed by atoms with Gasteiger partial charge in [-0.1, -0.05) is 41.9 Å². The smallest absolute Gasteiger partial charge is 0.418 e. The van der Waals surface area contributed by atoms with E-state index in [-0.39, 0.29) is 72.0 Å². The number of alkyl halides is 3. The van der Waals surface area contributed by atoms with Gasteiger partial charge in [0.25, 0.3) is 5.91 Å². The van der Waals surface area contributed by atoms with Crippen molar-refractivity contribution in [3.05, 3.63) is 87.9 Å². The van der Waals surface area contributed by atoms with Crippen LogP contribution in [0.4, 0.5) is 34.1 Å². The zero-order chi connectivity index (χ0) is 46.8. The Kier molecular flexibility index (Phi) is 16.4. The molecule has 16 nitrogen and oxygen atoms in total. The number of ether oxygens (including phenoxy) is 2. The highest BCUT2D eigenvalue weighted by molar-refractivity contribution is 6.33. The number of esters is 1. The van der Waals surface area contributed by atoms with E-state index in [0.717, 1.165) is 43.2 Å². The maximum atomic E-state index is 14.1. The number of nitrogens with zero attached hydrogens (tertiary/aromatic N) is 5. The van der Waals surface area contributed by atoms with Crippen LogP contribution in [0.3, 0.4) is 0 Å². The summed E-state index contributed by atoms with van der Waals surface area (Å²) in [6, 6.07) is 15.5. The fourth-order valence-electron chi connectivity index (χ4n) is 8.71. The van der Waals surface area contributed by atoms with E-state index in [2.05, 4.69) is 15.1 Å². The van der Waals surface area contributed by atoms with Crippen LogP contribution in [0, 0.1) is 0 Å². The number of halogens is 4. The van der Waals surface area contributed by atoms with Crippen molar-refractivity contribution in [2.75, 3.05) is 83.1 Å². The van der Waals surface area contributed by atoms with Crippen molar-refractivity contribution >= 4 is 52.9 Å². The fourth-order valence-corrected chi connectivity index (χ4v) is 8.95. The number of nitrogens with one attached hydrogen (secondary N) is 1. The Hall–Kier alpha value is -5.79. The molecule has 65 heavy (non-hydrogen) atoms. The quantitative estimate of drug-likeness (QED) is 0.141. The Labute approximate surface area is 379 Å². The number of nitrogen functional groups attached to an aromatic ring is 1. The second kappa shape index (κ2) is 21.9. The van der Waals surface area contributed by atoms with Gasteiger partial charge in [0.15, 0.2) is 6.10 Å². The van der Waals surface area contributed by atoms with Crippen LogP contribution in [-0.4, -0.2) is 155 Å². The molecule has 3 fully saturated rings. The molecule has 3 aromatic carbocycles. The normalized spacial score (nSPS) is 18.4. The van der Waals surface area contributed by atoms with E-state index in [1.165, 1.54) is 23.1 Å². The number of carbonyl (C=O) groups excluding carboxylic acids is 4. The monoisotopic (exact) mass is 929 g/mol.